The SMILES string of the molecule is CC(OC(=O)c1ccc2c(=O)n3c(nc2c1)CCCCC3)C(=O)Nc1sccc1C(N)=O. The molecule has 0 saturated heterocycles. The topological polar surface area (TPSA) is 133 Å². The molecule has 3 heterocycles. The zero-order valence-corrected chi connectivity index (χ0v) is 18.2. The summed E-state index contributed by atoms with van der Waals surface area (Å²) >= 11 is 1.14. The number of fused-ring (bicyclic) bond motifs is 2. The molecule has 1 aliphatic heterocycles. The van der Waals surface area contributed by atoms with Crippen LogP contribution in [0.1, 0.15) is 52.7 Å². The lowest BCUT2D eigenvalue weighted by molar-refractivity contribution is -0.123. The Bertz CT molecular complexity index is 1280. The number of hydrogen-bond donors (Lipinski definition) is 2. The van der Waals surface area contributed by atoms with Gasteiger partial charge in [0.15, 0.2) is 6.10 Å². The van der Waals surface area contributed by atoms with E-state index in [-0.39, 0.29) is 16.7 Å². The molecular formula is C22H22N4O5S. The second-order valence-electron chi connectivity index (χ2n) is 7.59. The number of benzene rings is 1. The molecule has 2 amide bonds. The number of thiophene rings is 1. The molecule has 0 spiro atoms. The largest absolute Gasteiger partial charge is 0.449 e. The average molecular weight is 455 g/mol. The molecule has 1 aliphatic rings. The number of nitrogens with zero attached hydrogens (tertiary/aromatic N) is 2. The van der Waals surface area contributed by atoms with E-state index in [1.54, 1.807) is 16.0 Å². The Kier molecular flexibility index (Phi) is 6.04. The zero-order chi connectivity index (χ0) is 22.8. The molecule has 0 aliphatic carbocycles. The maximum Gasteiger partial charge on any atom is 0.338 e. The van der Waals surface area contributed by atoms with Crippen molar-refractivity contribution in [3.63, 3.8) is 0 Å². The van der Waals surface area contributed by atoms with Crippen molar-refractivity contribution in [2.24, 2.45) is 5.73 Å². The Morgan fingerprint density at radius 1 is 1.22 bits per heavy atom. The number of anilines is 1. The number of amides is 2. The molecule has 166 valence electrons. The van der Waals surface area contributed by atoms with Crippen LogP contribution >= 0.6 is 11.3 Å². The van der Waals surface area contributed by atoms with E-state index in [0.717, 1.165) is 36.4 Å². The van der Waals surface area contributed by atoms with Gasteiger partial charge in [0.05, 0.1) is 22.0 Å². The number of aryl methyl sites for hydroxylation is 1. The molecule has 0 bridgehead atoms. The van der Waals surface area contributed by atoms with E-state index in [1.807, 2.05) is 0 Å². The summed E-state index contributed by atoms with van der Waals surface area (Å²) in [4.78, 5) is 53.9. The minimum Gasteiger partial charge on any atom is -0.449 e. The number of primary amides is 1. The number of aromatic nitrogens is 2. The summed E-state index contributed by atoms with van der Waals surface area (Å²) < 4.78 is 7.00. The van der Waals surface area contributed by atoms with E-state index >= 15 is 0 Å². The number of carbonyl (C=O) groups is 3. The predicted octanol–water partition coefficient (Wildman–Crippen LogP) is 2.47. The molecule has 1 unspecified atom stereocenters. The molecule has 4 rings (SSSR count). The van der Waals surface area contributed by atoms with Crippen molar-refractivity contribution in [1.82, 2.24) is 9.55 Å². The van der Waals surface area contributed by atoms with Crippen LogP contribution in [0, 0.1) is 0 Å². The number of carbonyl (C=O) groups excluding carboxylic acids is 3. The van der Waals surface area contributed by atoms with Crippen molar-refractivity contribution in [3.8, 4) is 0 Å². The quantitative estimate of drug-likeness (QED) is 0.569. The monoisotopic (exact) mass is 454 g/mol. The van der Waals surface area contributed by atoms with Crippen LogP contribution in [0.25, 0.3) is 10.9 Å². The van der Waals surface area contributed by atoms with E-state index in [0.29, 0.717) is 28.9 Å². The molecular weight excluding hydrogens is 432 g/mol. The lowest BCUT2D eigenvalue weighted by Gasteiger charge is -2.14. The predicted molar refractivity (Wildman–Crippen MR) is 120 cm³/mol. The van der Waals surface area contributed by atoms with Crippen molar-refractivity contribution in [2.45, 2.75) is 45.3 Å². The van der Waals surface area contributed by atoms with E-state index in [9.17, 15) is 19.2 Å². The molecule has 1 aromatic carbocycles. The third kappa shape index (κ3) is 4.26. The fourth-order valence-electron chi connectivity index (χ4n) is 3.64. The van der Waals surface area contributed by atoms with Gasteiger partial charge in [-0.25, -0.2) is 9.78 Å². The van der Waals surface area contributed by atoms with E-state index in [1.165, 1.54) is 25.1 Å². The van der Waals surface area contributed by atoms with Crippen LogP contribution in [0.4, 0.5) is 5.00 Å². The highest BCUT2D eigenvalue weighted by atomic mass is 32.1. The van der Waals surface area contributed by atoms with E-state index < -0.39 is 23.9 Å². The van der Waals surface area contributed by atoms with Gasteiger partial charge in [-0.3, -0.25) is 19.0 Å². The number of ether oxygens (including phenoxy) is 1. The van der Waals surface area contributed by atoms with Crippen molar-refractivity contribution in [1.29, 1.82) is 0 Å². The van der Waals surface area contributed by atoms with Crippen LogP contribution in [0.15, 0.2) is 34.4 Å². The maximum atomic E-state index is 12.8. The van der Waals surface area contributed by atoms with E-state index in [4.69, 9.17) is 10.5 Å². The van der Waals surface area contributed by atoms with Crippen molar-refractivity contribution < 1.29 is 19.1 Å². The molecule has 9 nitrogen and oxygen atoms in total. The van der Waals surface area contributed by atoms with Crippen molar-refractivity contribution >= 4 is 45.0 Å². The normalized spacial score (nSPS) is 14.3. The summed E-state index contributed by atoms with van der Waals surface area (Å²) in [5, 5.41) is 4.91. The minimum absolute atomic E-state index is 0.110. The Labute approximate surface area is 187 Å². The van der Waals surface area contributed by atoms with Crippen molar-refractivity contribution in [3.05, 3.63) is 57.0 Å². The van der Waals surface area contributed by atoms with Gasteiger partial charge >= 0.3 is 5.97 Å². The van der Waals surface area contributed by atoms with Gasteiger partial charge in [0, 0.05) is 13.0 Å². The maximum absolute atomic E-state index is 12.8. The fraction of sp³-hybridized carbons (Fsp3) is 0.318. The highest BCUT2D eigenvalue weighted by molar-refractivity contribution is 7.14. The summed E-state index contributed by atoms with van der Waals surface area (Å²) in [5.41, 5.74) is 5.97. The first kappa shape index (κ1) is 21.7. The van der Waals surface area contributed by atoms with Crippen LogP contribution in [0.3, 0.4) is 0 Å². The zero-order valence-electron chi connectivity index (χ0n) is 17.4. The number of hydrogen-bond acceptors (Lipinski definition) is 7. The molecule has 0 fully saturated rings. The van der Waals surface area contributed by atoms with Crippen LogP contribution in [0.2, 0.25) is 0 Å². The first-order chi connectivity index (χ1) is 15.3. The van der Waals surface area contributed by atoms with E-state index in [2.05, 4.69) is 10.3 Å². The number of rotatable bonds is 5. The van der Waals surface area contributed by atoms with Crippen molar-refractivity contribution in [2.75, 3.05) is 5.32 Å². The highest BCUT2D eigenvalue weighted by Crippen LogP contribution is 2.23. The Balaban J connectivity index is 1.52. The van der Waals surface area contributed by atoms with Crippen LogP contribution in [-0.4, -0.2) is 33.4 Å². The highest BCUT2D eigenvalue weighted by Gasteiger charge is 2.22. The minimum atomic E-state index is -1.12. The van der Waals surface area contributed by atoms with Gasteiger partial charge < -0.3 is 15.8 Å². The van der Waals surface area contributed by atoms with Crippen LogP contribution in [-0.2, 0) is 22.5 Å². The Hall–Kier alpha value is -3.53. The third-order valence-electron chi connectivity index (χ3n) is 5.37. The molecule has 32 heavy (non-hydrogen) atoms. The first-order valence-electron chi connectivity index (χ1n) is 10.3. The Morgan fingerprint density at radius 3 is 2.81 bits per heavy atom. The molecule has 3 N–H and O–H groups in total. The summed E-state index contributed by atoms with van der Waals surface area (Å²) in [6.07, 6.45) is 2.55. The van der Waals surface area contributed by atoms with Gasteiger partial charge in [-0.1, -0.05) is 6.42 Å². The van der Waals surface area contributed by atoms with Gasteiger partial charge in [0.1, 0.15) is 10.8 Å². The van der Waals surface area contributed by atoms with Gasteiger partial charge in [-0.15, -0.1) is 11.3 Å². The molecule has 3 aromatic rings. The fourth-order valence-corrected chi connectivity index (χ4v) is 4.44. The molecule has 0 radical (unpaired) electrons. The molecule has 1 atom stereocenters. The molecule has 2 aromatic heterocycles. The lowest BCUT2D eigenvalue weighted by Crippen LogP contribution is -2.30. The Morgan fingerprint density at radius 2 is 2.03 bits per heavy atom. The third-order valence-corrected chi connectivity index (χ3v) is 6.20. The lowest BCUT2D eigenvalue weighted by atomic mass is 10.1. The first-order valence-corrected chi connectivity index (χ1v) is 11.2. The van der Waals surface area contributed by atoms with Gasteiger partial charge in [-0.05, 0) is 49.4 Å². The van der Waals surface area contributed by atoms with Gasteiger partial charge in [0.2, 0.25) is 0 Å². The van der Waals surface area contributed by atoms with Gasteiger partial charge in [0.25, 0.3) is 17.4 Å². The standard InChI is InChI=1S/C22H22N4O5S/c1-12(19(28)25-20-15(18(23)27)8-10-32-20)31-22(30)13-6-7-14-16(11-13)24-17-5-3-2-4-9-26(17)21(14)29/h6-8,10-12H,2-5,9H2,1H3,(H2,23,27)(H,25,28). The summed E-state index contributed by atoms with van der Waals surface area (Å²) in [5.74, 6) is -1.25. The number of esters is 1. The molecule has 10 heteroatoms. The van der Waals surface area contributed by atoms with Crippen LogP contribution in [0.5, 0.6) is 0 Å². The smallest absolute Gasteiger partial charge is 0.338 e. The number of nitrogens with one attached hydrogen (secondary N) is 1. The van der Waals surface area contributed by atoms with Crippen LogP contribution < -0.4 is 16.6 Å². The summed E-state index contributed by atoms with van der Waals surface area (Å²) in [6.45, 7) is 2.07. The number of nitrogens with two attached hydrogens (primary N) is 1. The molecule has 0 saturated carbocycles. The second-order valence-corrected chi connectivity index (χ2v) is 8.51. The van der Waals surface area contributed by atoms with Gasteiger partial charge in [-0.2, -0.15) is 0 Å². The summed E-state index contributed by atoms with van der Waals surface area (Å²) in [6, 6.07) is 6.08. The average Bonchev–Trinajstić information content (AvgIpc) is 3.10. The second kappa shape index (κ2) is 8.91. The summed E-state index contributed by atoms with van der Waals surface area (Å²) in [7, 11) is 0.